The van der Waals surface area contributed by atoms with Crippen LogP contribution in [0.4, 0.5) is 4.79 Å². The van der Waals surface area contributed by atoms with E-state index in [1.165, 1.54) is 0 Å². The Morgan fingerprint density at radius 3 is 2.41 bits per heavy atom. The molecule has 1 aliphatic rings. The average Bonchev–Trinajstić information content (AvgIpc) is 2.36. The van der Waals surface area contributed by atoms with Crippen molar-refractivity contribution in [2.24, 2.45) is 0 Å². The third kappa shape index (κ3) is 2.34. The molecule has 0 aliphatic carbocycles. The van der Waals surface area contributed by atoms with E-state index in [9.17, 15) is 14.7 Å². The number of nitrogens with zero attached hydrogens (tertiary/aromatic N) is 1. The number of likely N-dealkylation sites (tertiary alicyclic amines) is 1. The van der Waals surface area contributed by atoms with Gasteiger partial charge in [-0.25, -0.2) is 4.48 Å². The number of Topliss-reactive ketones (excluding diaryl/α,β-unsaturated/α-hetero) is 1. The summed E-state index contributed by atoms with van der Waals surface area (Å²) >= 11 is 0. The van der Waals surface area contributed by atoms with Crippen LogP contribution in [0.15, 0.2) is 11.8 Å². The maximum atomic E-state index is 11.7. The Kier molecular flexibility index (Phi) is 3.62. The zero-order chi connectivity index (χ0) is 13.3. The van der Waals surface area contributed by atoms with Gasteiger partial charge in [0.2, 0.25) is 0 Å². The van der Waals surface area contributed by atoms with Crippen molar-refractivity contribution < 1.29 is 24.3 Å². The van der Waals surface area contributed by atoms with E-state index in [-0.39, 0.29) is 22.4 Å². The first kappa shape index (κ1) is 13.7. The number of ketones is 1. The molecule has 1 atom stereocenters. The van der Waals surface area contributed by atoms with Crippen molar-refractivity contribution in [1.82, 2.24) is 0 Å². The normalized spacial score (nSPS) is 29.1. The number of hydrogen-bond donors (Lipinski definition) is 2. The lowest BCUT2D eigenvalue weighted by Gasteiger charge is -2.42. The van der Waals surface area contributed by atoms with Gasteiger partial charge in [-0.2, -0.15) is 4.79 Å². The predicted molar refractivity (Wildman–Crippen MR) is 62.7 cm³/mol. The van der Waals surface area contributed by atoms with Gasteiger partial charge in [0, 0.05) is 12.8 Å². The lowest BCUT2D eigenvalue weighted by Crippen LogP contribution is -2.64. The first-order valence-electron chi connectivity index (χ1n) is 5.72. The molecule has 96 valence electrons. The molecule has 1 rings (SSSR count). The van der Waals surface area contributed by atoms with E-state index in [1.54, 1.807) is 0 Å². The maximum absolute atomic E-state index is 11.7. The topological polar surface area (TPSA) is 74.6 Å². The van der Waals surface area contributed by atoms with E-state index in [4.69, 9.17) is 5.11 Å². The minimum absolute atomic E-state index is 0.0498. The van der Waals surface area contributed by atoms with Crippen molar-refractivity contribution in [2.75, 3.05) is 13.1 Å². The highest BCUT2D eigenvalue weighted by molar-refractivity contribution is 5.95. The van der Waals surface area contributed by atoms with Crippen molar-refractivity contribution in [2.45, 2.75) is 39.2 Å². The van der Waals surface area contributed by atoms with Crippen LogP contribution in [0.25, 0.3) is 0 Å². The van der Waals surface area contributed by atoms with Crippen LogP contribution in [-0.2, 0) is 4.79 Å². The van der Waals surface area contributed by atoms with Crippen LogP contribution in [-0.4, -0.2) is 45.2 Å². The molecular weight excluding hydrogens is 222 g/mol. The van der Waals surface area contributed by atoms with E-state index in [0.717, 1.165) is 6.26 Å². The molecule has 1 amide bonds. The molecule has 0 bridgehead atoms. The minimum atomic E-state index is -0.952. The summed E-state index contributed by atoms with van der Waals surface area (Å²) in [5.41, 5.74) is -0.315. The summed E-state index contributed by atoms with van der Waals surface area (Å²) < 4.78 is -0.217. The average molecular weight is 242 g/mol. The van der Waals surface area contributed by atoms with Gasteiger partial charge in [0.05, 0.1) is 18.4 Å². The van der Waals surface area contributed by atoms with Gasteiger partial charge in [0.25, 0.3) is 0 Å². The molecule has 0 spiro atoms. The molecule has 0 aromatic rings. The second kappa shape index (κ2) is 4.49. The third-order valence-corrected chi connectivity index (χ3v) is 3.55. The third-order valence-electron chi connectivity index (χ3n) is 3.55. The molecule has 1 aliphatic heterocycles. The van der Waals surface area contributed by atoms with Crippen LogP contribution >= 0.6 is 0 Å². The van der Waals surface area contributed by atoms with Gasteiger partial charge < -0.3 is 10.2 Å². The Balaban J connectivity index is 3.24. The number of carbonyl (C=O) groups excluding carboxylic acids is 1. The first-order chi connectivity index (χ1) is 7.74. The summed E-state index contributed by atoms with van der Waals surface area (Å²) in [5.74, 6) is -0.155. The summed E-state index contributed by atoms with van der Waals surface area (Å²) in [6, 6.07) is 0. The second-order valence-electron chi connectivity index (χ2n) is 5.48. The fourth-order valence-electron chi connectivity index (χ4n) is 2.26. The Morgan fingerprint density at radius 1 is 1.41 bits per heavy atom. The summed E-state index contributed by atoms with van der Waals surface area (Å²) in [6.45, 7) is 5.97. The highest BCUT2D eigenvalue weighted by Gasteiger charge is 2.49. The largest absolute Gasteiger partial charge is 0.515 e. The Labute approximate surface area is 101 Å². The van der Waals surface area contributed by atoms with Gasteiger partial charge in [-0.3, -0.25) is 4.79 Å². The number of carboxylic acid groups (broad SMARTS) is 1. The van der Waals surface area contributed by atoms with Crippen molar-refractivity contribution >= 4 is 11.9 Å². The van der Waals surface area contributed by atoms with Crippen LogP contribution in [0.3, 0.4) is 0 Å². The van der Waals surface area contributed by atoms with Crippen LogP contribution in [0.1, 0.15) is 33.6 Å². The van der Waals surface area contributed by atoms with Crippen LogP contribution in [0.5, 0.6) is 0 Å². The summed E-state index contributed by atoms with van der Waals surface area (Å²) in [4.78, 5) is 23.2. The number of aliphatic hydroxyl groups is 1. The molecule has 1 heterocycles. The number of carbonyl (C=O) groups is 2. The van der Waals surface area contributed by atoms with Gasteiger partial charge >= 0.3 is 6.09 Å². The predicted octanol–water partition coefficient (Wildman–Crippen LogP) is 2.08. The number of rotatable bonds is 0. The molecule has 2 N–H and O–H groups in total. The maximum Gasteiger partial charge on any atom is 0.514 e. The molecule has 0 saturated carbocycles. The number of hydrogen-bond acceptors (Lipinski definition) is 3. The van der Waals surface area contributed by atoms with Crippen LogP contribution in [0.2, 0.25) is 0 Å². The fraction of sp³-hybridized carbons (Fsp3) is 0.667. The molecule has 0 aromatic heterocycles. The quantitative estimate of drug-likeness (QED) is 0.387. The van der Waals surface area contributed by atoms with E-state index < -0.39 is 11.6 Å². The van der Waals surface area contributed by atoms with Crippen molar-refractivity contribution in [3.05, 3.63) is 11.8 Å². The smallest absolute Gasteiger partial charge is 0.514 e. The molecule has 0 radical (unpaired) electrons. The SMILES string of the molecule is CC(C)(C)[N+]1(C(=O)O)CCCC(=O)C(=CO)C1. The molecule has 17 heavy (non-hydrogen) atoms. The Morgan fingerprint density at radius 2 is 2.00 bits per heavy atom. The minimum Gasteiger partial charge on any atom is -0.515 e. The zero-order valence-corrected chi connectivity index (χ0v) is 10.6. The molecule has 5 heteroatoms. The van der Waals surface area contributed by atoms with Gasteiger partial charge in [-0.1, -0.05) is 0 Å². The van der Waals surface area contributed by atoms with E-state index in [1.807, 2.05) is 20.8 Å². The van der Waals surface area contributed by atoms with E-state index in [0.29, 0.717) is 19.4 Å². The Bertz CT molecular complexity index is 367. The molecular formula is C12H20NO4+. The van der Waals surface area contributed by atoms with E-state index in [2.05, 4.69) is 0 Å². The van der Waals surface area contributed by atoms with Crippen molar-refractivity contribution in [3.63, 3.8) is 0 Å². The standard InChI is InChI=1S/C12H19NO4/c1-12(2,3)13(11(16)17)6-4-5-10(15)9(7-13)8-14/h8H,4-7H2,1-3H3,(H-,14,15,16,17)/p+1. The van der Waals surface area contributed by atoms with Gasteiger partial charge in [-0.05, 0) is 20.8 Å². The lowest BCUT2D eigenvalue weighted by molar-refractivity contribution is -0.898. The number of quaternary nitrogens is 1. The molecule has 1 saturated heterocycles. The molecule has 1 unspecified atom stereocenters. The number of amides is 1. The molecule has 5 nitrogen and oxygen atoms in total. The van der Waals surface area contributed by atoms with Crippen LogP contribution in [0, 0.1) is 0 Å². The summed E-state index contributed by atoms with van der Waals surface area (Å²) in [6.07, 6.45) is 0.636. The summed E-state index contributed by atoms with van der Waals surface area (Å²) in [5, 5.41) is 18.6. The molecule has 1 fully saturated rings. The second-order valence-corrected chi connectivity index (χ2v) is 5.48. The van der Waals surface area contributed by atoms with Crippen molar-refractivity contribution in [1.29, 1.82) is 0 Å². The van der Waals surface area contributed by atoms with Gasteiger partial charge in [0.1, 0.15) is 12.1 Å². The van der Waals surface area contributed by atoms with Gasteiger partial charge in [-0.15, -0.1) is 0 Å². The first-order valence-corrected chi connectivity index (χ1v) is 5.72. The highest BCUT2D eigenvalue weighted by Crippen LogP contribution is 2.30. The zero-order valence-electron chi connectivity index (χ0n) is 10.6. The number of aliphatic hydroxyl groups excluding tert-OH is 1. The lowest BCUT2D eigenvalue weighted by atomic mass is 10.0. The Hall–Kier alpha value is -1.36. The fourth-order valence-corrected chi connectivity index (χ4v) is 2.26. The summed E-state index contributed by atoms with van der Waals surface area (Å²) in [7, 11) is 0. The van der Waals surface area contributed by atoms with Crippen LogP contribution < -0.4 is 0 Å². The van der Waals surface area contributed by atoms with E-state index >= 15 is 0 Å². The molecule has 0 aromatic carbocycles. The van der Waals surface area contributed by atoms with Gasteiger partial charge in [0.15, 0.2) is 5.78 Å². The monoisotopic (exact) mass is 242 g/mol. The highest BCUT2D eigenvalue weighted by atomic mass is 16.4. The van der Waals surface area contributed by atoms with Crippen molar-refractivity contribution in [3.8, 4) is 0 Å².